The van der Waals surface area contributed by atoms with Crippen LogP contribution in [0.15, 0.2) is 71.4 Å². The Labute approximate surface area is 180 Å². The molecule has 5 nitrogen and oxygen atoms in total. The van der Waals surface area contributed by atoms with E-state index >= 15 is 0 Å². The van der Waals surface area contributed by atoms with Crippen molar-refractivity contribution in [2.75, 3.05) is 13.1 Å². The van der Waals surface area contributed by atoms with Gasteiger partial charge in [0, 0.05) is 26.2 Å². The van der Waals surface area contributed by atoms with Gasteiger partial charge in [0.05, 0.1) is 6.04 Å². The fourth-order valence-electron chi connectivity index (χ4n) is 3.83. The molecular formula is C24H25N3O2S. The number of nitrogens with zero attached hydrogens (tertiary/aromatic N) is 1. The molecule has 3 aromatic rings. The van der Waals surface area contributed by atoms with E-state index in [-0.39, 0.29) is 6.04 Å². The number of fused-ring (bicyclic) bond motifs is 1. The Morgan fingerprint density at radius 2 is 1.67 bits per heavy atom. The van der Waals surface area contributed by atoms with Gasteiger partial charge in [0.15, 0.2) is 0 Å². The van der Waals surface area contributed by atoms with E-state index in [0.717, 1.165) is 25.1 Å². The van der Waals surface area contributed by atoms with E-state index in [2.05, 4.69) is 56.6 Å². The summed E-state index contributed by atoms with van der Waals surface area (Å²) in [4.78, 5) is 27.0. The van der Waals surface area contributed by atoms with Crippen LogP contribution in [0.1, 0.15) is 28.3 Å². The molecule has 0 saturated carbocycles. The molecule has 2 aromatic carbocycles. The highest BCUT2D eigenvalue weighted by molar-refractivity contribution is 7.08. The molecule has 0 spiro atoms. The minimum atomic E-state index is -0.605. The summed E-state index contributed by atoms with van der Waals surface area (Å²) in [6, 6.07) is 20.2. The molecule has 6 heteroatoms. The Morgan fingerprint density at radius 1 is 0.933 bits per heavy atom. The largest absolute Gasteiger partial charge is 0.346 e. The van der Waals surface area contributed by atoms with Crippen molar-refractivity contribution in [1.29, 1.82) is 0 Å². The zero-order valence-corrected chi connectivity index (χ0v) is 17.5. The number of hydrogen-bond acceptors (Lipinski definition) is 4. The molecule has 4 rings (SSSR count). The Kier molecular flexibility index (Phi) is 6.57. The Morgan fingerprint density at radius 3 is 2.43 bits per heavy atom. The van der Waals surface area contributed by atoms with Crippen LogP contribution < -0.4 is 10.6 Å². The SMILES string of the molecule is O=C(NCc1ccccc1)C(=O)NCC(c1ccsc1)N1CCc2ccccc2C1. The molecule has 1 unspecified atom stereocenters. The van der Waals surface area contributed by atoms with Crippen molar-refractivity contribution >= 4 is 23.2 Å². The summed E-state index contributed by atoms with van der Waals surface area (Å²) in [7, 11) is 0. The number of carbonyl (C=O) groups excluding carboxylic acids is 2. The van der Waals surface area contributed by atoms with Crippen molar-refractivity contribution in [3.63, 3.8) is 0 Å². The van der Waals surface area contributed by atoms with Crippen molar-refractivity contribution in [2.24, 2.45) is 0 Å². The minimum absolute atomic E-state index is 0.0375. The molecule has 2 heterocycles. The lowest BCUT2D eigenvalue weighted by molar-refractivity contribution is -0.139. The molecule has 1 aliphatic heterocycles. The fourth-order valence-corrected chi connectivity index (χ4v) is 4.54. The zero-order valence-electron chi connectivity index (χ0n) is 16.7. The first-order valence-corrected chi connectivity index (χ1v) is 11.1. The van der Waals surface area contributed by atoms with E-state index in [0.29, 0.717) is 13.1 Å². The molecular weight excluding hydrogens is 394 g/mol. The second-order valence-electron chi connectivity index (χ2n) is 7.44. The van der Waals surface area contributed by atoms with Crippen LogP contribution in [0.3, 0.4) is 0 Å². The number of nitrogens with one attached hydrogen (secondary N) is 2. The van der Waals surface area contributed by atoms with Gasteiger partial charge in [0.25, 0.3) is 0 Å². The van der Waals surface area contributed by atoms with Crippen molar-refractivity contribution < 1.29 is 9.59 Å². The number of benzene rings is 2. The van der Waals surface area contributed by atoms with Gasteiger partial charge in [-0.05, 0) is 45.5 Å². The van der Waals surface area contributed by atoms with Gasteiger partial charge < -0.3 is 10.6 Å². The first kappa shape index (κ1) is 20.3. The third kappa shape index (κ3) is 4.96. The Balaban J connectivity index is 1.37. The van der Waals surface area contributed by atoms with Gasteiger partial charge in [0.1, 0.15) is 0 Å². The summed E-state index contributed by atoms with van der Waals surface area (Å²) in [5, 5.41) is 9.70. The summed E-state index contributed by atoms with van der Waals surface area (Å²) in [6.07, 6.45) is 0.988. The average molecular weight is 420 g/mol. The van der Waals surface area contributed by atoms with Gasteiger partial charge >= 0.3 is 11.8 Å². The van der Waals surface area contributed by atoms with Crippen LogP contribution in [0.4, 0.5) is 0 Å². The van der Waals surface area contributed by atoms with Gasteiger partial charge in [-0.1, -0.05) is 54.6 Å². The third-order valence-corrected chi connectivity index (χ3v) is 6.19. The van der Waals surface area contributed by atoms with Crippen LogP contribution in [0.25, 0.3) is 0 Å². The van der Waals surface area contributed by atoms with Crippen LogP contribution in [0.5, 0.6) is 0 Å². The van der Waals surface area contributed by atoms with Crippen LogP contribution in [-0.2, 0) is 29.1 Å². The predicted octanol–water partition coefficient (Wildman–Crippen LogP) is 3.28. The maximum atomic E-state index is 12.4. The summed E-state index contributed by atoms with van der Waals surface area (Å²) < 4.78 is 0. The van der Waals surface area contributed by atoms with Crippen molar-refractivity contribution in [3.05, 3.63) is 93.7 Å². The first-order chi connectivity index (χ1) is 14.7. The fraction of sp³-hybridized carbons (Fsp3) is 0.250. The lowest BCUT2D eigenvalue weighted by atomic mass is 9.97. The molecule has 0 aliphatic carbocycles. The normalized spacial score (nSPS) is 14.5. The molecule has 0 radical (unpaired) electrons. The molecule has 1 aromatic heterocycles. The molecule has 0 fully saturated rings. The molecule has 154 valence electrons. The van der Waals surface area contributed by atoms with Crippen molar-refractivity contribution in [1.82, 2.24) is 15.5 Å². The van der Waals surface area contributed by atoms with Gasteiger partial charge in [-0.25, -0.2) is 0 Å². The van der Waals surface area contributed by atoms with Gasteiger partial charge in [-0.2, -0.15) is 11.3 Å². The summed E-state index contributed by atoms with van der Waals surface area (Å²) in [5.74, 6) is -1.20. The molecule has 2 N–H and O–H groups in total. The van der Waals surface area contributed by atoms with E-state index in [4.69, 9.17) is 0 Å². The summed E-state index contributed by atoms with van der Waals surface area (Å²) >= 11 is 1.65. The maximum absolute atomic E-state index is 12.4. The number of amides is 2. The highest BCUT2D eigenvalue weighted by Crippen LogP contribution is 2.28. The van der Waals surface area contributed by atoms with Gasteiger partial charge in [-0.3, -0.25) is 14.5 Å². The predicted molar refractivity (Wildman–Crippen MR) is 119 cm³/mol. The second kappa shape index (κ2) is 9.69. The standard InChI is InChI=1S/C24H25N3O2S/c28-23(25-14-18-6-2-1-3-7-18)24(29)26-15-22(21-11-13-30-17-21)27-12-10-19-8-4-5-9-20(19)16-27/h1-9,11,13,17,22H,10,12,14-16H2,(H,25,28)(H,26,29). The Hall–Kier alpha value is -2.96. The average Bonchev–Trinajstić information content (AvgIpc) is 3.32. The molecule has 0 bridgehead atoms. The zero-order chi connectivity index (χ0) is 20.8. The molecule has 30 heavy (non-hydrogen) atoms. The number of rotatable bonds is 6. The van der Waals surface area contributed by atoms with E-state index < -0.39 is 11.8 Å². The van der Waals surface area contributed by atoms with Crippen LogP contribution in [0.2, 0.25) is 0 Å². The molecule has 2 amide bonds. The number of carbonyl (C=O) groups is 2. The number of hydrogen-bond donors (Lipinski definition) is 2. The van der Waals surface area contributed by atoms with Gasteiger partial charge in [0.2, 0.25) is 0 Å². The first-order valence-electron chi connectivity index (χ1n) is 10.1. The molecule has 1 atom stereocenters. The maximum Gasteiger partial charge on any atom is 0.309 e. The van der Waals surface area contributed by atoms with E-state index in [9.17, 15) is 9.59 Å². The van der Waals surface area contributed by atoms with E-state index in [1.165, 1.54) is 16.7 Å². The molecule has 1 aliphatic rings. The number of thiophene rings is 1. The van der Waals surface area contributed by atoms with Crippen LogP contribution in [0, 0.1) is 0 Å². The third-order valence-electron chi connectivity index (χ3n) is 5.49. The molecule has 0 saturated heterocycles. The Bertz CT molecular complexity index is 989. The summed E-state index contributed by atoms with van der Waals surface area (Å²) in [6.45, 7) is 2.50. The van der Waals surface area contributed by atoms with Gasteiger partial charge in [-0.15, -0.1) is 0 Å². The summed E-state index contributed by atoms with van der Waals surface area (Å²) in [5.41, 5.74) is 4.85. The lowest BCUT2D eigenvalue weighted by Crippen LogP contribution is -2.45. The van der Waals surface area contributed by atoms with Crippen LogP contribution in [-0.4, -0.2) is 29.8 Å². The van der Waals surface area contributed by atoms with Crippen LogP contribution >= 0.6 is 11.3 Å². The highest BCUT2D eigenvalue weighted by atomic mass is 32.1. The van der Waals surface area contributed by atoms with Crippen molar-refractivity contribution in [3.8, 4) is 0 Å². The lowest BCUT2D eigenvalue weighted by Gasteiger charge is -2.35. The smallest absolute Gasteiger partial charge is 0.309 e. The quantitative estimate of drug-likeness (QED) is 0.603. The topological polar surface area (TPSA) is 61.4 Å². The highest BCUT2D eigenvalue weighted by Gasteiger charge is 2.26. The minimum Gasteiger partial charge on any atom is -0.346 e. The van der Waals surface area contributed by atoms with E-state index in [1.54, 1.807) is 11.3 Å². The van der Waals surface area contributed by atoms with Crippen molar-refractivity contribution in [2.45, 2.75) is 25.6 Å². The second-order valence-corrected chi connectivity index (χ2v) is 8.22. The monoisotopic (exact) mass is 419 g/mol. The van der Waals surface area contributed by atoms with E-state index in [1.807, 2.05) is 30.3 Å².